The van der Waals surface area contributed by atoms with Gasteiger partial charge in [0.2, 0.25) is 5.91 Å². The number of amides is 1. The number of carbonyl (C=O) groups excluding carboxylic acids is 1. The summed E-state index contributed by atoms with van der Waals surface area (Å²) in [5.74, 6) is -0.410. The molecule has 0 saturated carbocycles. The fourth-order valence-electron chi connectivity index (χ4n) is 2.68. The van der Waals surface area contributed by atoms with Gasteiger partial charge in [0, 0.05) is 24.7 Å². The van der Waals surface area contributed by atoms with Gasteiger partial charge in [0.05, 0.1) is 17.7 Å². The van der Waals surface area contributed by atoms with Crippen LogP contribution in [0.5, 0.6) is 5.75 Å². The Labute approximate surface area is 145 Å². The number of nitrogens with zero attached hydrogens (tertiary/aromatic N) is 1. The summed E-state index contributed by atoms with van der Waals surface area (Å²) in [4.78, 5) is 13.4. The van der Waals surface area contributed by atoms with E-state index >= 15 is 0 Å². The van der Waals surface area contributed by atoms with Crippen molar-refractivity contribution in [2.75, 3.05) is 23.3 Å². The zero-order valence-electron chi connectivity index (χ0n) is 13.5. The molecule has 0 unspecified atom stereocenters. The van der Waals surface area contributed by atoms with Gasteiger partial charge in [-0.05, 0) is 42.8 Å². The largest absolute Gasteiger partial charge is 0.494 e. The number of hydrogen-bond acceptors (Lipinski definition) is 4. The van der Waals surface area contributed by atoms with Gasteiger partial charge in [0.15, 0.2) is 0 Å². The number of hydrogen-bond donors (Lipinski definition) is 1. The number of sulfonamides is 1. The van der Waals surface area contributed by atoms with E-state index < -0.39 is 15.8 Å². The molecular weight excluding hydrogens is 347 g/mol. The second kappa shape index (κ2) is 6.72. The third-order valence-corrected chi connectivity index (χ3v) is 5.32. The van der Waals surface area contributed by atoms with Gasteiger partial charge in [-0.25, -0.2) is 12.8 Å². The van der Waals surface area contributed by atoms with Crippen LogP contribution in [0.4, 0.5) is 15.8 Å². The van der Waals surface area contributed by atoms with E-state index in [0.29, 0.717) is 18.7 Å². The van der Waals surface area contributed by atoms with E-state index in [2.05, 4.69) is 4.72 Å². The Bertz CT molecular complexity index is 897. The number of nitrogens with one attached hydrogen (secondary N) is 1. The van der Waals surface area contributed by atoms with E-state index in [0.717, 1.165) is 18.6 Å². The van der Waals surface area contributed by atoms with Crippen molar-refractivity contribution in [3.05, 3.63) is 48.3 Å². The first-order valence-electron chi connectivity index (χ1n) is 7.67. The van der Waals surface area contributed by atoms with Crippen LogP contribution in [0.25, 0.3) is 0 Å². The van der Waals surface area contributed by atoms with Crippen LogP contribution in [-0.2, 0) is 14.8 Å². The number of anilines is 2. The standard InChI is InChI=1S/C17H17FN2O4S/c1-24-16-11-12(18)4-9-15(16)19-25(22,23)14-7-5-13(6-8-14)20-10-2-3-17(20)21/h4-9,11,19H,2-3,10H2,1H3. The maximum Gasteiger partial charge on any atom is 0.262 e. The molecule has 1 N–H and O–H groups in total. The molecule has 3 rings (SSSR count). The highest BCUT2D eigenvalue weighted by molar-refractivity contribution is 7.92. The van der Waals surface area contributed by atoms with Crippen molar-refractivity contribution in [1.82, 2.24) is 0 Å². The summed E-state index contributed by atoms with van der Waals surface area (Å²) >= 11 is 0. The van der Waals surface area contributed by atoms with Crippen molar-refractivity contribution >= 4 is 27.3 Å². The third-order valence-electron chi connectivity index (χ3n) is 3.94. The van der Waals surface area contributed by atoms with E-state index in [1.54, 1.807) is 17.0 Å². The Hall–Kier alpha value is -2.61. The minimum absolute atomic E-state index is 0.0322. The highest BCUT2D eigenvalue weighted by Crippen LogP contribution is 2.28. The molecule has 25 heavy (non-hydrogen) atoms. The van der Waals surface area contributed by atoms with E-state index in [-0.39, 0.29) is 22.2 Å². The molecule has 2 aromatic rings. The molecule has 0 aliphatic carbocycles. The number of halogens is 1. The molecule has 8 heteroatoms. The molecule has 132 valence electrons. The quantitative estimate of drug-likeness (QED) is 0.885. The minimum Gasteiger partial charge on any atom is -0.494 e. The highest BCUT2D eigenvalue weighted by Gasteiger charge is 2.23. The molecule has 0 spiro atoms. The second-order valence-electron chi connectivity index (χ2n) is 5.59. The number of methoxy groups -OCH3 is 1. The van der Waals surface area contributed by atoms with Gasteiger partial charge in [-0.15, -0.1) is 0 Å². The van der Waals surface area contributed by atoms with Crippen molar-refractivity contribution in [3.8, 4) is 5.75 Å². The van der Waals surface area contributed by atoms with E-state index in [1.807, 2.05) is 0 Å². The number of benzene rings is 2. The van der Waals surface area contributed by atoms with Gasteiger partial charge in [0.25, 0.3) is 10.0 Å². The average Bonchev–Trinajstić information content (AvgIpc) is 3.02. The lowest BCUT2D eigenvalue weighted by Gasteiger charge is -2.16. The summed E-state index contributed by atoms with van der Waals surface area (Å²) in [6.07, 6.45) is 1.30. The lowest BCUT2D eigenvalue weighted by atomic mass is 10.3. The zero-order chi connectivity index (χ0) is 18.0. The van der Waals surface area contributed by atoms with Crippen molar-refractivity contribution in [3.63, 3.8) is 0 Å². The maximum absolute atomic E-state index is 13.2. The van der Waals surface area contributed by atoms with Crippen LogP contribution in [0, 0.1) is 5.82 Å². The Morgan fingerprint density at radius 2 is 1.88 bits per heavy atom. The number of rotatable bonds is 5. The minimum atomic E-state index is -3.87. The van der Waals surface area contributed by atoms with Crippen molar-refractivity contribution in [2.24, 2.45) is 0 Å². The summed E-state index contributed by atoms with van der Waals surface area (Å²) in [7, 11) is -2.54. The van der Waals surface area contributed by atoms with Gasteiger partial charge in [-0.2, -0.15) is 0 Å². The van der Waals surface area contributed by atoms with Crippen molar-refractivity contribution in [2.45, 2.75) is 17.7 Å². The number of ether oxygens (including phenoxy) is 1. The molecule has 6 nitrogen and oxygen atoms in total. The van der Waals surface area contributed by atoms with E-state index in [4.69, 9.17) is 4.74 Å². The van der Waals surface area contributed by atoms with Crippen LogP contribution in [0.2, 0.25) is 0 Å². The molecule has 1 heterocycles. The van der Waals surface area contributed by atoms with Gasteiger partial charge in [-0.1, -0.05) is 0 Å². The normalized spacial score (nSPS) is 14.6. The molecule has 1 saturated heterocycles. The lowest BCUT2D eigenvalue weighted by molar-refractivity contribution is -0.117. The summed E-state index contributed by atoms with van der Waals surface area (Å²) in [6.45, 7) is 0.635. The highest BCUT2D eigenvalue weighted by atomic mass is 32.2. The monoisotopic (exact) mass is 364 g/mol. The first-order valence-corrected chi connectivity index (χ1v) is 9.16. The van der Waals surface area contributed by atoms with Crippen molar-refractivity contribution in [1.29, 1.82) is 0 Å². The smallest absolute Gasteiger partial charge is 0.262 e. The Morgan fingerprint density at radius 1 is 1.16 bits per heavy atom. The number of carbonyl (C=O) groups is 1. The molecule has 1 fully saturated rings. The predicted molar refractivity (Wildman–Crippen MR) is 91.8 cm³/mol. The molecule has 0 bridgehead atoms. The third kappa shape index (κ3) is 3.58. The molecule has 1 aliphatic rings. The summed E-state index contributed by atoms with van der Waals surface area (Å²) < 4.78 is 45.6. The zero-order valence-corrected chi connectivity index (χ0v) is 14.3. The van der Waals surface area contributed by atoms with E-state index in [1.165, 1.54) is 25.3 Å². The van der Waals surface area contributed by atoms with Gasteiger partial charge in [0.1, 0.15) is 11.6 Å². The van der Waals surface area contributed by atoms with Crippen LogP contribution >= 0.6 is 0 Å². The lowest BCUT2D eigenvalue weighted by Crippen LogP contribution is -2.23. The molecule has 1 aliphatic heterocycles. The van der Waals surface area contributed by atoms with Gasteiger partial charge >= 0.3 is 0 Å². The molecule has 1 amide bonds. The summed E-state index contributed by atoms with van der Waals surface area (Å²) in [5.41, 5.74) is 0.809. The molecular formula is C17H17FN2O4S. The fraction of sp³-hybridized carbons (Fsp3) is 0.235. The molecule has 0 atom stereocenters. The molecule has 0 aromatic heterocycles. The van der Waals surface area contributed by atoms with Crippen LogP contribution < -0.4 is 14.4 Å². The second-order valence-corrected chi connectivity index (χ2v) is 7.28. The summed E-state index contributed by atoms with van der Waals surface area (Å²) in [5, 5.41) is 0. The Morgan fingerprint density at radius 3 is 2.48 bits per heavy atom. The Balaban J connectivity index is 1.84. The molecule has 0 radical (unpaired) electrons. The van der Waals surface area contributed by atoms with Gasteiger partial charge < -0.3 is 9.64 Å². The van der Waals surface area contributed by atoms with Crippen LogP contribution in [0.1, 0.15) is 12.8 Å². The average molecular weight is 364 g/mol. The topological polar surface area (TPSA) is 75.7 Å². The Kier molecular flexibility index (Phi) is 4.63. The first-order chi connectivity index (χ1) is 11.9. The SMILES string of the molecule is COc1cc(F)ccc1NS(=O)(=O)c1ccc(N2CCCC2=O)cc1. The summed E-state index contributed by atoms with van der Waals surface area (Å²) in [6, 6.07) is 9.59. The first kappa shape index (κ1) is 17.2. The van der Waals surface area contributed by atoms with Crippen LogP contribution in [-0.4, -0.2) is 28.0 Å². The molecule has 2 aromatic carbocycles. The van der Waals surface area contributed by atoms with Gasteiger partial charge in [-0.3, -0.25) is 9.52 Å². The predicted octanol–water partition coefficient (Wildman–Crippen LogP) is 2.76. The van der Waals surface area contributed by atoms with Crippen LogP contribution in [0.3, 0.4) is 0 Å². The van der Waals surface area contributed by atoms with Crippen LogP contribution in [0.15, 0.2) is 47.4 Å². The fourth-order valence-corrected chi connectivity index (χ4v) is 3.75. The maximum atomic E-state index is 13.2. The van der Waals surface area contributed by atoms with Crippen molar-refractivity contribution < 1.29 is 22.3 Å². The van der Waals surface area contributed by atoms with E-state index in [9.17, 15) is 17.6 Å².